The molecule has 0 spiro atoms. The molecule has 6 aromatic rings. The van der Waals surface area contributed by atoms with Gasteiger partial charge >= 0.3 is 5.97 Å². The molecule has 2 aromatic heterocycles. The highest BCUT2D eigenvalue weighted by Crippen LogP contribution is 2.43. The molecule has 4 amide bonds. The van der Waals surface area contributed by atoms with Crippen molar-refractivity contribution in [1.29, 1.82) is 0 Å². The number of fused-ring (bicyclic) bond motifs is 3. The molecule has 3 unspecified atom stereocenters. The molecule has 3 N–H and O–H groups in total. The van der Waals surface area contributed by atoms with Crippen molar-refractivity contribution in [3.8, 4) is 16.9 Å². The summed E-state index contributed by atoms with van der Waals surface area (Å²) in [5.74, 6) is -2.96. The van der Waals surface area contributed by atoms with E-state index in [1.165, 1.54) is 12.1 Å². The summed E-state index contributed by atoms with van der Waals surface area (Å²) < 4.78 is 23.9. The maximum atomic E-state index is 14.0. The Hall–Kier alpha value is -6.58. The highest BCUT2D eigenvalue weighted by Gasteiger charge is 2.46. The van der Waals surface area contributed by atoms with Crippen molar-refractivity contribution in [2.24, 2.45) is 7.05 Å². The number of carbonyl (C=O) groups is 5. The number of aromatic nitrogens is 3. The molecule has 2 saturated heterocycles. The van der Waals surface area contributed by atoms with Gasteiger partial charge in [-0.15, -0.1) is 0 Å². The van der Waals surface area contributed by atoms with Crippen LogP contribution >= 0.6 is 11.6 Å². The van der Waals surface area contributed by atoms with Crippen molar-refractivity contribution in [1.82, 2.24) is 29.5 Å². The zero-order valence-electron chi connectivity index (χ0n) is 36.5. The van der Waals surface area contributed by atoms with Crippen LogP contribution in [0.25, 0.3) is 32.8 Å². The number of rotatable bonds is 13. The number of carbonyl (C=O) groups excluding carboxylic acids is 4. The quantitative estimate of drug-likeness (QED) is 0.0773. The number of hydrogen-bond acceptors (Lipinski definition) is 9. The van der Waals surface area contributed by atoms with E-state index in [1.807, 2.05) is 62.8 Å². The first-order valence-electron chi connectivity index (χ1n) is 21.9. The highest BCUT2D eigenvalue weighted by molar-refractivity contribution is 6.35. The lowest BCUT2D eigenvalue weighted by molar-refractivity contribution is -0.136. The smallest absolute Gasteiger partial charge is 0.352 e. The van der Waals surface area contributed by atoms with Crippen LogP contribution in [-0.2, 0) is 29.6 Å². The number of amides is 4. The van der Waals surface area contributed by atoms with Gasteiger partial charge in [0, 0.05) is 71.9 Å². The van der Waals surface area contributed by atoms with Crippen LogP contribution in [0.1, 0.15) is 86.7 Å². The Morgan fingerprint density at radius 1 is 0.954 bits per heavy atom. The van der Waals surface area contributed by atoms with E-state index >= 15 is 0 Å². The first kappa shape index (κ1) is 43.7. The number of imide groups is 2. The zero-order chi connectivity index (χ0) is 45.8. The normalized spacial score (nSPS) is 19.0. The SMILES string of the molecule is Cc1nn(C)c(C)c1-c1c(Cl)ccc2c(CCCOc3cccc4cc(F)ccc34)c(C(=O)O)n(CCC3CCC(Nc4cccc5c4C(=O)N(C4CCC(=O)NC4=O)C5=O)CN3C)c12. The van der Waals surface area contributed by atoms with E-state index in [9.17, 15) is 33.5 Å². The Balaban J connectivity index is 0.960. The minimum Gasteiger partial charge on any atom is -0.493 e. The molecule has 0 saturated carbocycles. The van der Waals surface area contributed by atoms with E-state index in [0.29, 0.717) is 61.0 Å². The summed E-state index contributed by atoms with van der Waals surface area (Å²) in [7, 11) is 3.90. The number of likely N-dealkylation sites (tertiary alicyclic amines) is 1. The molecule has 3 atom stereocenters. The molecule has 16 heteroatoms. The Labute approximate surface area is 379 Å². The standard InChI is InChI=1S/C49H49ClFN7O7/c1-26-41(27(2)56(4)54-26)43-36(50)18-17-34-33(10-7-23-65-39-12-5-8-28-24-29(51)13-16-32(28)39)45(49(63)64)57(44(34)43)22-21-31-15-14-30(25-55(31)3)52-37-11-6-9-35-42(37)48(62)58(47(35)61)38-19-20-40(59)53-46(38)60/h5-6,8-9,11-13,16-18,24,30-31,38,52H,7,10,14-15,19-23,25H2,1-4H3,(H,63,64)(H,53,59,60). The number of nitrogens with zero attached hydrogens (tertiary/aromatic N) is 5. The molecule has 0 aliphatic carbocycles. The predicted molar refractivity (Wildman–Crippen MR) is 244 cm³/mol. The summed E-state index contributed by atoms with van der Waals surface area (Å²) in [4.78, 5) is 68.4. The minimum atomic E-state index is -1.06. The number of benzene rings is 4. The second kappa shape index (κ2) is 17.4. The Kier molecular flexibility index (Phi) is 11.7. The number of likely N-dealkylation sites (N-methyl/N-ethyl adjacent to an activating group) is 1. The number of ether oxygens (including phenoxy) is 1. The molecule has 0 bridgehead atoms. The van der Waals surface area contributed by atoms with Crippen LogP contribution in [0.5, 0.6) is 5.75 Å². The average molecular weight is 902 g/mol. The van der Waals surface area contributed by atoms with Crippen molar-refractivity contribution in [2.45, 2.75) is 83.5 Å². The number of hydrogen-bond donors (Lipinski definition) is 3. The fourth-order valence-corrected chi connectivity index (χ4v) is 10.4. The van der Waals surface area contributed by atoms with Crippen LogP contribution in [0.3, 0.4) is 0 Å². The molecule has 4 aromatic carbocycles. The van der Waals surface area contributed by atoms with Gasteiger partial charge in [0.05, 0.1) is 34.0 Å². The van der Waals surface area contributed by atoms with E-state index in [4.69, 9.17) is 16.3 Å². The molecule has 2 fully saturated rings. The largest absolute Gasteiger partial charge is 0.493 e. The van der Waals surface area contributed by atoms with Gasteiger partial charge in [-0.2, -0.15) is 5.10 Å². The van der Waals surface area contributed by atoms with Gasteiger partial charge in [-0.1, -0.05) is 35.9 Å². The Morgan fingerprint density at radius 2 is 1.74 bits per heavy atom. The lowest BCUT2D eigenvalue weighted by atomic mass is 9.95. The van der Waals surface area contributed by atoms with Crippen molar-refractivity contribution in [2.75, 3.05) is 25.5 Å². The first-order chi connectivity index (χ1) is 31.2. The van der Waals surface area contributed by atoms with Crippen LogP contribution in [0, 0.1) is 19.7 Å². The van der Waals surface area contributed by atoms with Gasteiger partial charge in [0.1, 0.15) is 23.3 Å². The molecular weight excluding hydrogens is 853 g/mol. The number of carboxylic acid groups (broad SMARTS) is 1. The van der Waals surface area contributed by atoms with Crippen LogP contribution in [0.4, 0.5) is 10.1 Å². The van der Waals surface area contributed by atoms with Gasteiger partial charge in [0.2, 0.25) is 11.8 Å². The maximum absolute atomic E-state index is 14.0. The molecular formula is C49H49ClFN7O7. The van der Waals surface area contributed by atoms with Gasteiger partial charge in [0.15, 0.2) is 0 Å². The van der Waals surface area contributed by atoms with Gasteiger partial charge < -0.3 is 24.6 Å². The number of carboxylic acids is 1. The van der Waals surface area contributed by atoms with Crippen molar-refractivity contribution < 1.29 is 38.2 Å². The third-order valence-corrected chi connectivity index (χ3v) is 13.7. The number of halogens is 2. The Bertz CT molecular complexity index is 2960. The molecule has 3 aliphatic heterocycles. The third-order valence-electron chi connectivity index (χ3n) is 13.4. The lowest BCUT2D eigenvalue weighted by Crippen LogP contribution is -2.54. The monoisotopic (exact) mass is 901 g/mol. The molecule has 336 valence electrons. The van der Waals surface area contributed by atoms with E-state index < -0.39 is 35.6 Å². The average Bonchev–Trinajstić information content (AvgIpc) is 3.82. The second-order valence-electron chi connectivity index (χ2n) is 17.3. The predicted octanol–water partition coefficient (Wildman–Crippen LogP) is 7.68. The topological polar surface area (TPSA) is 168 Å². The summed E-state index contributed by atoms with van der Waals surface area (Å²) in [6.07, 6.45) is 3.16. The van der Waals surface area contributed by atoms with Gasteiger partial charge in [-0.25, -0.2) is 9.18 Å². The summed E-state index contributed by atoms with van der Waals surface area (Å²) in [6, 6.07) is 17.8. The van der Waals surface area contributed by atoms with Crippen LogP contribution in [0.15, 0.2) is 66.7 Å². The maximum Gasteiger partial charge on any atom is 0.352 e. The van der Waals surface area contributed by atoms with Gasteiger partial charge in [0.25, 0.3) is 11.8 Å². The van der Waals surface area contributed by atoms with E-state index in [0.717, 1.165) is 61.9 Å². The van der Waals surface area contributed by atoms with Gasteiger partial charge in [-0.3, -0.25) is 34.1 Å². The van der Waals surface area contributed by atoms with Crippen LogP contribution in [-0.4, -0.2) is 97.2 Å². The molecule has 65 heavy (non-hydrogen) atoms. The van der Waals surface area contributed by atoms with Crippen molar-refractivity contribution >= 4 is 68.6 Å². The van der Waals surface area contributed by atoms with Crippen molar-refractivity contribution in [3.05, 3.63) is 111 Å². The molecule has 3 aliphatic rings. The van der Waals surface area contributed by atoms with Crippen LogP contribution < -0.4 is 15.4 Å². The van der Waals surface area contributed by atoms with E-state index in [2.05, 4.69) is 20.6 Å². The summed E-state index contributed by atoms with van der Waals surface area (Å²) in [6.45, 7) is 5.20. The Morgan fingerprint density at radius 3 is 2.48 bits per heavy atom. The summed E-state index contributed by atoms with van der Waals surface area (Å²) in [5.41, 5.74) is 5.84. The highest BCUT2D eigenvalue weighted by atomic mass is 35.5. The van der Waals surface area contributed by atoms with Crippen molar-refractivity contribution in [3.63, 3.8) is 0 Å². The van der Waals surface area contributed by atoms with E-state index in [1.54, 1.807) is 28.9 Å². The number of anilines is 1. The lowest BCUT2D eigenvalue weighted by Gasteiger charge is -2.38. The fraction of sp³-hybridized carbons (Fsp3) is 0.347. The number of aryl methyl sites for hydroxylation is 4. The molecule has 9 rings (SSSR count). The summed E-state index contributed by atoms with van der Waals surface area (Å²) >= 11 is 7.09. The summed E-state index contributed by atoms with van der Waals surface area (Å²) in [5, 5.41) is 24.3. The number of aromatic carboxylic acids is 1. The van der Waals surface area contributed by atoms with Gasteiger partial charge in [-0.05, 0) is 113 Å². The van der Waals surface area contributed by atoms with E-state index in [-0.39, 0.29) is 47.6 Å². The number of piperidine rings is 2. The molecule has 0 radical (unpaired) electrons. The zero-order valence-corrected chi connectivity index (χ0v) is 37.3. The second-order valence-corrected chi connectivity index (χ2v) is 17.7. The molecule has 5 heterocycles. The van der Waals surface area contributed by atoms with Crippen LogP contribution in [0.2, 0.25) is 5.02 Å². The minimum absolute atomic E-state index is 0.0384. The third kappa shape index (κ3) is 7.90. The fourth-order valence-electron chi connectivity index (χ4n) is 10.2. The number of nitrogens with one attached hydrogen (secondary N) is 2. The molecule has 14 nitrogen and oxygen atoms in total. The first-order valence-corrected chi connectivity index (χ1v) is 22.3.